The number of likely N-dealkylation sites (tertiary alicyclic amines) is 1. The molecule has 0 atom stereocenters. The van der Waals surface area contributed by atoms with E-state index < -0.39 is 0 Å². The van der Waals surface area contributed by atoms with Crippen LogP contribution in [0.15, 0.2) is 35.1 Å². The van der Waals surface area contributed by atoms with Gasteiger partial charge < -0.3 is 10.2 Å². The summed E-state index contributed by atoms with van der Waals surface area (Å²) < 4.78 is 1.06. The van der Waals surface area contributed by atoms with Gasteiger partial charge in [0.2, 0.25) is 5.95 Å². The summed E-state index contributed by atoms with van der Waals surface area (Å²) in [5.41, 5.74) is 2.59. The Hall–Kier alpha value is -1.95. The second-order valence-corrected chi connectivity index (χ2v) is 7.21. The number of anilines is 2. The number of hydrogen-bond donors (Lipinski definition) is 1. The van der Waals surface area contributed by atoms with E-state index in [0.717, 1.165) is 41.7 Å². The molecule has 1 saturated heterocycles. The number of piperidine rings is 1. The average molecular weight is 389 g/mol. The minimum Gasteiger partial charge on any atom is -0.339 e. The second kappa shape index (κ2) is 7.30. The van der Waals surface area contributed by atoms with Gasteiger partial charge in [-0.05, 0) is 49.4 Å². The van der Waals surface area contributed by atoms with E-state index in [1.807, 2.05) is 30.0 Å². The first-order valence-electron chi connectivity index (χ1n) is 8.17. The van der Waals surface area contributed by atoms with Gasteiger partial charge in [-0.3, -0.25) is 4.79 Å². The lowest BCUT2D eigenvalue weighted by atomic mass is 9.99. The number of nitrogens with one attached hydrogen (secondary N) is 1. The van der Waals surface area contributed by atoms with Crippen LogP contribution in [-0.4, -0.2) is 33.9 Å². The van der Waals surface area contributed by atoms with Crippen LogP contribution in [0.1, 0.15) is 35.7 Å². The summed E-state index contributed by atoms with van der Waals surface area (Å²) in [6.07, 6.45) is 5.33. The Morgan fingerprint density at radius 2 is 1.92 bits per heavy atom. The first-order chi connectivity index (χ1) is 11.5. The zero-order chi connectivity index (χ0) is 17.1. The SMILES string of the molecule is Cc1cc(Nc2ncc(C(=O)N3CCC(C)CC3)cn2)ccc1Br. The van der Waals surface area contributed by atoms with Crippen LogP contribution in [0, 0.1) is 12.8 Å². The van der Waals surface area contributed by atoms with Crippen molar-refractivity contribution in [2.75, 3.05) is 18.4 Å². The van der Waals surface area contributed by atoms with E-state index in [1.54, 1.807) is 12.4 Å². The van der Waals surface area contributed by atoms with E-state index in [9.17, 15) is 4.79 Å². The van der Waals surface area contributed by atoms with Gasteiger partial charge in [-0.1, -0.05) is 22.9 Å². The number of carbonyl (C=O) groups excluding carboxylic acids is 1. The number of aromatic nitrogens is 2. The third-order valence-electron chi connectivity index (χ3n) is 4.38. The van der Waals surface area contributed by atoms with Crippen molar-refractivity contribution in [1.29, 1.82) is 0 Å². The molecule has 1 aromatic carbocycles. The van der Waals surface area contributed by atoms with Crippen molar-refractivity contribution in [3.05, 3.63) is 46.2 Å². The van der Waals surface area contributed by atoms with Crippen LogP contribution < -0.4 is 5.32 Å². The third-order valence-corrected chi connectivity index (χ3v) is 5.27. The molecule has 126 valence electrons. The van der Waals surface area contributed by atoms with Gasteiger partial charge in [-0.25, -0.2) is 9.97 Å². The van der Waals surface area contributed by atoms with E-state index in [4.69, 9.17) is 0 Å². The molecule has 1 aliphatic rings. The fourth-order valence-electron chi connectivity index (χ4n) is 2.75. The van der Waals surface area contributed by atoms with Gasteiger partial charge in [0.05, 0.1) is 5.56 Å². The lowest BCUT2D eigenvalue weighted by Crippen LogP contribution is -2.38. The van der Waals surface area contributed by atoms with Gasteiger partial charge in [-0.15, -0.1) is 0 Å². The molecule has 1 amide bonds. The Morgan fingerprint density at radius 3 is 2.54 bits per heavy atom. The summed E-state index contributed by atoms with van der Waals surface area (Å²) >= 11 is 3.48. The van der Waals surface area contributed by atoms with E-state index in [0.29, 0.717) is 17.4 Å². The summed E-state index contributed by atoms with van der Waals surface area (Å²) in [6.45, 7) is 5.89. The smallest absolute Gasteiger partial charge is 0.256 e. The number of amides is 1. The van der Waals surface area contributed by atoms with Crippen LogP contribution in [0.4, 0.5) is 11.6 Å². The molecule has 0 radical (unpaired) electrons. The number of halogens is 1. The molecule has 0 bridgehead atoms. The van der Waals surface area contributed by atoms with Crippen LogP contribution in [0.5, 0.6) is 0 Å². The van der Waals surface area contributed by atoms with E-state index in [2.05, 4.69) is 38.1 Å². The molecule has 6 heteroatoms. The van der Waals surface area contributed by atoms with Gasteiger partial charge in [0.15, 0.2) is 0 Å². The summed E-state index contributed by atoms with van der Waals surface area (Å²) in [7, 11) is 0. The maximum absolute atomic E-state index is 12.5. The number of aryl methyl sites for hydroxylation is 1. The van der Waals surface area contributed by atoms with Gasteiger partial charge >= 0.3 is 0 Å². The Bertz CT molecular complexity index is 724. The molecule has 0 saturated carbocycles. The standard InChI is InChI=1S/C18H21BrN4O/c1-12-5-7-23(8-6-12)17(24)14-10-20-18(21-11-14)22-15-3-4-16(19)13(2)9-15/h3-4,9-12H,5-8H2,1-2H3,(H,20,21,22). The maximum Gasteiger partial charge on any atom is 0.256 e. The van der Waals surface area contributed by atoms with Crippen molar-refractivity contribution in [3.63, 3.8) is 0 Å². The highest BCUT2D eigenvalue weighted by molar-refractivity contribution is 9.10. The molecule has 1 N–H and O–H groups in total. The fraction of sp³-hybridized carbons (Fsp3) is 0.389. The third kappa shape index (κ3) is 3.93. The van der Waals surface area contributed by atoms with E-state index in [1.165, 1.54) is 0 Å². The van der Waals surface area contributed by atoms with Crippen LogP contribution >= 0.6 is 15.9 Å². The van der Waals surface area contributed by atoms with Crippen LogP contribution in [0.25, 0.3) is 0 Å². The van der Waals surface area contributed by atoms with E-state index in [-0.39, 0.29) is 5.91 Å². The lowest BCUT2D eigenvalue weighted by Gasteiger charge is -2.30. The zero-order valence-electron chi connectivity index (χ0n) is 13.9. The molecule has 2 heterocycles. The maximum atomic E-state index is 12.5. The zero-order valence-corrected chi connectivity index (χ0v) is 15.5. The van der Waals surface area contributed by atoms with Crippen molar-refractivity contribution in [1.82, 2.24) is 14.9 Å². The topological polar surface area (TPSA) is 58.1 Å². The molecular weight excluding hydrogens is 368 g/mol. The predicted octanol–water partition coefficient (Wildman–Crippen LogP) is 4.16. The number of benzene rings is 1. The predicted molar refractivity (Wildman–Crippen MR) is 98.5 cm³/mol. The summed E-state index contributed by atoms with van der Waals surface area (Å²) in [5.74, 6) is 1.21. The Kier molecular flexibility index (Phi) is 5.14. The number of hydrogen-bond acceptors (Lipinski definition) is 4. The van der Waals surface area contributed by atoms with Gasteiger partial charge in [0, 0.05) is 35.6 Å². The lowest BCUT2D eigenvalue weighted by molar-refractivity contribution is 0.0696. The molecular formula is C18H21BrN4O. The quantitative estimate of drug-likeness (QED) is 0.857. The Morgan fingerprint density at radius 1 is 1.25 bits per heavy atom. The minimum atomic E-state index is 0.0212. The first kappa shape index (κ1) is 16.9. The number of rotatable bonds is 3. The Labute approximate surface area is 150 Å². The van der Waals surface area contributed by atoms with Crippen molar-refractivity contribution >= 4 is 33.5 Å². The van der Waals surface area contributed by atoms with Crippen molar-refractivity contribution in [2.24, 2.45) is 5.92 Å². The molecule has 0 aliphatic carbocycles. The summed E-state index contributed by atoms with van der Waals surface area (Å²) in [6, 6.07) is 5.95. The summed E-state index contributed by atoms with van der Waals surface area (Å²) in [4.78, 5) is 22.9. The molecule has 24 heavy (non-hydrogen) atoms. The van der Waals surface area contributed by atoms with E-state index >= 15 is 0 Å². The highest BCUT2D eigenvalue weighted by Gasteiger charge is 2.21. The number of carbonyl (C=O) groups is 1. The van der Waals surface area contributed by atoms with Crippen LogP contribution in [-0.2, 0) is 0 Å². The molecule has 0 spiro atoms. The minimum absolute atomic E-state index is 0.0212. The van der Waals surface area contributed by atoms with Crippen molar-refractivity contribution in [2.45, 2.75) is 26.7 Å². The van der Waals surface area contributed by atoms with Crippen LogP contribution in [0.2, 0.25) is 0 Å². The average Bonchev–Trinajstić information content (AvgIpc) is 2.59. The highest BCUT2D eigenvalue weighted by Crippen LogP contribution is 2.22. The molecule has 2 aromatic rings. The van der Waals surface area contributed by atoms with Crippen molar-refractivity contribution in [3.8, 4) is 0 Å². The Balaban J connectivity index is 1.66. The summed E-state index contributed by atoms with van der Waals surface area (Å²) in [5, 5.41) is 3.16. The molecule has 1 fully saturated rings. The first-order valence-corrected chi connectivity index (χ1v) is 8.97. The molecule has 1 aliphatic heterocycles. The monoisotopic (exact) mass is 388 g/mol. The highest BCUT2D eigenvalue weighted by atomic mass is 79.9. The largest absolute Gasteiger partial charge is 0.339 e. The number of nitrogens with zero attached hydrogens (tertiary/aromatic N) is 3. The normalized spacial score (nSPS) is 15.4. The van der Waals surface area contributed by atoms with Crippen molar-refractivity contribution < 1.29 is 4.79 Å². The van der Waals surface area contributed by atoms with Crippen LogP contribution in [0.3, 0.4) is 0 Å². The fourth-order valence-corrected chi connectivity index (χ4v) is 3.00. The molecule has 1 aromatic heterocycles. The molecule has 0 unspecified atom stereocenters. The molecule has 3 rings (SSSR count). The molecule has 5 nitrogen and oxygen atoms in total. The van der Waals surface area contributed by atoms with Gasteiger partial charge in [0.25, 0.3) is 5.91 Å². The van der Waals surface area contributed by atoms with Gasteiger partial charge in [-0.2, -0.15) is 0 Å². The second-order valence-electron chi connectivity index (χ2n) is 6.36. The van der Waals surface area contributed by atoms with Gasteiger partial charge in [0.1, 0.15) is 0 Å².